The minimum absolute atomic E-state index is 0.126. The number of H-pyrrole nitrogens is 1. The van der Waals surface area contributed by atoms with Crippen LogP contribution in [0.15, 0.2) is 96.1 Å². The van der Waals surface area contributed by atoms with Crippen LogP contribution in [0.1, 0.15) is 41.3 Å². The van der Waals surface area contributed by atoms with E-state index in [0.717, 1.165) is 44.8 Å². The maximum Gasteiger partial charge on any atom is 0.329 e. The van der Waals surface area contributed by atoms with Crippen molar-refractivity contribution in [3.63, 3.8) is 0 Å². The van der Waals surface area contributed by atoms with E-state index in [1.807, 2.05) is 61.5 Å². The SMILES string of the molecule is COc1ccc(C(Cc2cccc3ncccc23)c2cnc3[nH]c(=O)n(C(C)c4cccc(OC)c4)c3n2)cc1. The van der Waals surface area contributed by atoms with E-state index in [9.17, 15) is 4.79 Å². The van der Waals surface area contributed by atoms with Gasteiger partial charge in [0.1, 0.15) is 11.5 Å². The molecule has 0 saturated heterocycles. The highest BCUT2D eigenvalue weighted by Crippen LogP contribution is 2.32. The molecule has 200 valence electrons. The second-order valence-electron chi connectivity index (χ2n) is 9.74. The van der Waals surface area contributed by atoms with Crippen LogP contribution in [0.2, 0.25) is 0 Å². The highest BCUT2D eigenvalue weighted by Gasteiger charge is 2.23. The molecule has 3 aromatic carbocycles. The molecule has 2 unspecified atom stereocenters. The molecule has 8 heteroatoms. The van der Waals surface area contributed by atoms with Crippen molar-refractivity contribution in [2.45, 2.75) is 25.3 Å². The zero-order chi connectivity index (χ0) is 27.6. The van der Waals surface area contributed by atoms with E-state index in [1.54, 1.807) is 31.2 Å². The number of rotatable bonds is 8. The highest BCUT2D eigenvalue weighted by atomic mass is 16.5. The van der Waals surface area contributed by atoms with Crippen LogP contribution < -0.4 is 15.2 Å². The summed E-state index contributed by atoms with van der Waals surface area (Å²) in [6, 6.07) is 25.7. The molecule has 6 aromatic rings. The fourth-order valence-electron chi connectivity index (χ4n) is 5.28. The Bertz CT molecular complexity index is 1850. The summed E-state index contributed by atoms with van der Waals surface area (Å²) in [5.41, 5.74) is 5.58. The maximum atomic E-state index is 13.1. The number of aromatic nitrogens is 5. The predicted octanol–water partition coefficient (Wildman–Crippen LogP) is 5.67. The third-order valence-electron chi connectivity index (χ3n) is 7.44. The normalized spacial score (nSPS) is 12.9. The molecule has 1 N–H and O–H groups in total. The lowest BCUT2D eigenvalue weighted by molar-refractivity contribution is 0.413. The van der Waals surface area contributed by atoms with E-state index < -0.39 is 0 Å². The van der Waals surface area contributed by atoms with Crippen molar-refractivity contribution in [1.29, 1.82) is 0 Å². The Balaban J connectivity index is 1.48. The van der Waals surface area contributed by atoms with Crippen molar-refractivity contribution < 1.29 is 9.47 Å². The molecule has 0 aliphatic rings. The summed E-state index contributed by atoms with van der Waals surface area (Å²) in [6.45, 7) is 1.97. The van der Waals surface area contributed by atoms with E-state index in [2.05, 4.69) is 39.2 Å². The van der Waals surface area contributed by atoms with Gasteiger partial charge in [-0.15, -0.1) is 0 Å². The summed E-state index contributed by atoms with van der Waals surface area (Å²) in [7, 11) is 3.29. The second-order valence-corrected chi connectivity index (χ2v) is 9.74. The van der Waals surface area contributed by atoms with Crippen LogP contribution in [-0.2, 0) is 6.42 Å². The first kappa shape index (κ1) is 25.3. The molecule has 6 rings (SSSR count). The predicted molar refractivity (Wildman–Crippen MR) is 155 cm³/mol. The van der Waals surface area contributed by atoms with Crippen molar-refractivity contribution in [2.75, 3.05) is 14.2 Å². The molecule has 3 heterocycles. The highest BCUT2D eigenvalue weighted by molar-refractivity contribution is 5.82. The number of fused-ring (bicyclic) bond motifs is 2. The zero-order valence-electron chi connectivity index (χ0n) is 22.5. The van der Waals surface area contributed by atoms with Crippen LogP contribution >= 0.6 is 0 Å². The van der Waals surface area contributed by atoms with Gasteiger partial charge in [0, 0.05) is 17.5 Å². The van der Waals surface area contributed by atoms with Crippen molar-refractivity contribution >= 4 is 22.2 Å². The van der Waals surface area contributed by atoms with Gasteiger partial charge >= 0.3 is 5.69 Å². The van der Waals surface area contributed by atoms with Gasteiger partial charge in [-0.25, -0.2) is 14.8 Å². The van der Waals surface area contributed by atoms with Crippen molar-refractivity contribution in [3.05, 3.63) is 124 Å². The molecule has 2 atom stereocenters. The Labute approximate surface area is 231 Å². The van der Waals surface area contributed by atoms with Crippen LogP contribution in [0.5, 0.6) is 11.5 Å². The van der Waals surface area contributed by atoms with E-state index >= 15 is 0 Å². The van der Waals surface area contributed by atoms with Gasteiger partial charge in [0.2, 0.25) is 0 Å². The first-order valence-electron chi connectivity index (χ1n) is 13.1. The Kier molecular flexibility index (Phi) is 6.74. The van der Waals surface area contributed by atoms with Crippen molar-refractivity contribution in [1.82, 2.24) is 24.5 Å². The molecule has 0 radical (unpaired) electrons. The average Bonchev–Trinajstić information content (AvgIpc) is 3.34. The third kappa shape index (κ3) is 4.68. The fourth-order valence-corrected chi connectivity index (χ4v) is 5.28. The summed E-state index contributed by atoms with van der Waals surface area (Å²) < 4.78 is 12.5. The summed E-state index contributed by atoms with van der Waals surface area (Å²) >= 11 is 0. The molecule has 0 bridgehead atoms. The number of hydrogen-bond donors (Lipinski definition) is 1. The number of ether oxygens (including phenoxy) is 2. The summed E-state index contributed by atoms with van der Waals surface area (Å²) in [4.78, 5) is 30.3. The molecule has 0 spiro atoms. The van der Waals surface area contributed by atoms with E-state index in [0.29, 0.717) is 17.7 Å². The molecule has 0 aliphatic heterocycles. The molecule has 0 saturated carbocycles. The number of imidazole rings is 1. The molecule has 0 fully saturated rings. The van der Waals surface area contributed by atoms with Crippen LogP contribution in [0.3, 0.4) is 0 Å². The van der Waals surface area contributed by atoms with Crippen LogP contribution in [-0.4, -0.2) is 38.7 Å². The van der Waals surface area contributed by atoms with Gasteiger partial charge in [0.15, 0.2) is 11.3 Å². The number of hydrogen-bond acceptors (Lipinski definition) is 6. The average molecular weight is 532 g/mol. The number of pyridine rings is 1. The first-order valence-corrected chi connectivity index (χ1v) is 13.1. The zero-order valence-corrected chi connectivity index (χ0v) is 22.5. The van der Waals surface area contributed by atoms with Gasteiger partial charge < -0.3 is 9.47 Å². The van der Waals surface area contributed by atoms with Crippen LogP contribution in [0.4, 0.5) is 0 Å². The number of benzene rings is 3. The minimum atomic E-state index is -0.288. The second kappa shape index (κ2) is 10.6. The first-order chi connectivity index (χ1) is 19.6. The lowest BCUT2D eigenvalue weighted by Gasteiger charge is -2.19. The molecule has 0 amide bonds. The van der Waals surface area contributed by atoms with Gasteiger partial charge in [-0.3, -0.25) is 14.5 Å². The van der Waals surface area contributed by atoms with Crippen molar-refractivity contribution in [3.8, 4) is 11.5 Å². The Hall–Kier alpha value is -4.98. The Morgan fingerprint density at radius 1 is 0.875 bits per heavy atom. The van der Waals surface area contributed by atoms with Crippen LogP contribution in [0.25, 0.3) is 22.2 Å². The molecule has 40 heavy (non-hydrogen) atoms. The minimum Gasteiger partial charge on any atom is -0.497 e. The van der Waals surface area contributed by atoms with Crippen LogP contribution in [0, 0.1) is 0 Å². The summed E-state index contributed by atoms with van der Waals surface area (Å²) in [5.74, 6) is 1.39. The van der Waals surface area contributed by atoms with Crippen molar-refractivity contribution in [2.24, 2.45) is 0 Å². The third-order valence-corrected chi connectivity index (χ3v) is 7.44. The Morgan fingerprint density at radius 2 is 1.68 bits per heavy atom. The van der Waals surface area contributed by atoms with E-state index in [-0.39, 0.29) is 17.6 Å². The summed E-state index contributed by atoms with van der Waals surface area (Å²) in [5, 5.41) is 1.10. The van der Waals surface area contributed by atoms with Gasteiger partial charge in [-0.2, -0.15) is 0 Å². The van der Waals surface area contributed by atoms with Gasteiger partial charge in [-0.1, -0.05) is 42.5 Å². The monoisotopic (exact) mass is 531 g/mol. The van der Waals surface area contributed by atoms with E-state index in [4.69, 9.17) is 14.5 Å². The molecule has 0 aliphatic carbocycles. The molecular formula is C32H29N5O3. The largest absolute Gasteiger partial charge is 0.497 e. The molecule has 3 aromatic heterocycles. The maximum absolute atomic E-state index is 13.1. The van der Waals surface area contributed by atoms with Gasteiger partial charge in [0.25, 0.3) is 0 Å². The Morgan fingerprint density at radius 3 is 2.48 bits per heavy atom. The number of aromatic amines is 1. The topological polar surface area (TPSA) is 94.9 Å². The standard InChI is InChI=1S/C32H29N5O3/c1-20(22-7-4-9-25(17-22)40-3)37-31-30(36-32(37)38)34-19-29(35-31)27(21-12-14-24(39-2)15-13-21)18-23-8-5-11-28-26(23)10-6-16-33-28/h4-17,19-20,27H,18H2,1-3H3,(H,34,36,38). The lowest BCUT2D eigenvalue weighted by Crippen LogP contribution is -2.22. The number of methoxy groups -OCH3 is 2. The van der Waals surface area contributed by atoms with Gasteiger partial charge in [-0.05, 0) is 66.4 Å². The van der Waals surface area contributed by atoms with Gasteiger partial charge in [0.05, 0.1) is 37.7 Å². The smallest absolute Gasteiger partial charge is 0.329 e. The fraction of sp³-hybridized carbons (Fsp3) is 0.188. The number of nitrogens with zero attached hydrogens (tertiary/aromatic N) is 4. The molecule has 8 nitrogen and oxygen atoms in total. The van der Waals surface area contributed by atoms with E-state index in [1.165, 1.54) is 0 Å². The summed E-state index contributed by atoms with van der Waals surface area (Å²) in [6.07, 6.45) is 4.24. The quantitative estimate of drug-likeness (QED) is 0.272. The number of nitrogens with one attached hydrogen (secondary N) is 1. The molecular weight excluding hydrogens is 502 g/mol. The lowest BCUT2D eigenvalue weighted by atomic mass is 9.88.